The zero-order valence-electron chi connectivity index (χ0n) is 16.1. The van der Waals surface area contributed by atoms with E-state index in [0.717, 1.165) is 78.7 Å². The lowest BCUT2D eigenvalue weighted by Crippen LogP contribution is -2.26. The van der Waals surface area contributed by atoms with E-state index in [0.29, 0.717) is 0 Å². The third kappa shape index (κ3) is 3.08. The van der Waals surface area contributed by atoms with Crippen LogP contribution >= 0.6 is 0 Å². The van der Waals surface area contributed by atoms with Gasteiger partial charge in [-0.2, -0.15) is 0 Å². The lowest BCUT2D eigenvalue weighted by molar-refractivity contribution is 0.120. The molecule has 4 rings (SSSR count). The molecule has 3 heterocycles. The fraction of sp³-hybridized carbons (Fsp3) is 0.476. The Kier molecular flexibility index (Phi) is 4.83. The highest BCUT2D eigenvalue weighted by Gasteiger charge is 2.26. The first-order valence-corrected chi connectivity index (χ1v) is 9.48. The van der Waals surface area contributed by atoms with Crippen molar-refractivity contribution in [3.8, 4) is 22.8 Å². The van der Waals surface area contributed by atoms with Crippen molar-refractivity contribution in [2.45, 2.75) is 38.8 Å². The Balaban J connectivity index is 1.79. The molecule has 1 N–H and O–H groups in total. The van der Waals surface area contributed by atoms with Crippen LogP contribution < -0.4 is 20.2 Å². The molecule has 1 aromatic carbocycles. The van der Waals surface area contributed by atoms with Gasteiger partial charge in [-0.05, 0) is 38.3 Å². The topological polar surface area (TPSA) is 61.7 Å². The lowest BCUT2D eigenvalue weighted by Gasteiger charge is -2.29. The predicted molar refractivity (Wildman–Crippen MR) is 105 cm³/mol. The number of ether oxygens (including phenoxy) is 3. The van der Waals surface area contributed by atoms with Gasteiger partial charge in [-0.25, -0.2) is 0 Å². The van der Waals surface area contributed by atoms with Gasteiger partial charge in [0.2, 0.25) is 0 Å². The van der Waals surface area contributed by atoms with Crippen LogP contribution in [0.15, 0.2) is 23.0 Å². The van der Waals surface area contributed by atoms with E-state index in [1.807, 2.05) is 19.1 Å². The monoisotopic (exact) mass is 370 g/mol. The van der Waals surface area contributed by atoms with E-state index < -0.39 is 0 Å². The number of fused-ring (bicyclic) bond motifs is 3. The van der Waals surface area contributed by atoms with E-state index >= 15 is 0 Å². The van der Waals surface area contributed by atoms with Gasteiger partial charge in [-0.3, -0.25) is 4.79 Å². The van der Waals surface area contributed by atoms with Crippen molar-refractivity contribution in [3.63, 3.8) is 0 Å². The Hall–Kier alpha value is -2.47. The molecular weight excluding hydrogens is 344 g/mol. The van der Waals surface area contributed by atoms with Gasteiger partial charge in [0.25, 0.3) is 0 Å². The first kappa shape index (κ1) is 17.9. The minimum Gasteiger partial charge on any atom is -0.493 e. The minimum absolute atomic E-state index is 0.0405. The number of pyridine rings is 1. The Morgan fingerprint density at radius 2 is 2.15 bits per heavy atom. The van der Waals surface area contributed by atoms with E-state index in [1.165, 1.54) is 0 Å². The minimum atomic E-state index is 0.0405. The van der Waals surface area contributed by atoms with Gasteiger partial charge < -0.3 is 24.1 Å². The number of hydrogen-bond donors (Lipinski definition) is 1. The van der Waals surface area contributed by atoms with Gasteiger partial charge in [0.15, 0.2) is 16.9 Å². The van der Waals surface area contributed by atoms with Crippen LogP contribution in [0.2, 0.25) is 0 Å². The fourth-order valence-electron chi connectivity index (χ4n) is 4.18. The van der Waals surface area contributed by atoms with Crippen LogP contribution in [-0.2, 0) is 17.7 Å². The van der Waals surface area contributed by atoms with Crippen LogP contribution in [0.3, 0.4) is 0 Å². The van der Waals surface area contributed by atoms with Gasteiger partial charge in [-0.1, -0.05) is 0 Å². The highest BCUT2D eigenvalue weighted by Crippen LogP contribution is 2.42. The van der Waals surface area contributed by atoms with Gasteiger partial charge in [0.05, 0.1) is 26.0 Å². The molecule has 144 valence electrons. The van der Waals surface area contributed by atoms with E-state index in [-0.39, 0.29) is 11.5 Å². The number of benzene rings is 1. The molecule has 6 heteroatoms. The summed E-state index contributed by atoms with van der Waals surface area (Å²) in [6, 6.07) is 5.64. The Morgan fingerprint density at radius 1 is 1.30 bits per heavy atom. The number of anilines is 1. The van der Waals surface area contributed by atoms with Crippen LogP contribution in [-0.4, -0.2) is 38.0 Å². The molecule has 0 radical (unpaired) electrons. The van der Waals surface area contributed by atoms with Gasteiger partial charge in [0, 0.05) is 42.5 Å². The van der Waals surface area contributed by atoms with Crippen LogP contribution in [0.25, 0.3) is 11.3 Å². The average molecular weight is 370 g/mol. The molecule has 0 aliphatic carbocycles. The van der Waals surface area contributed by atoms with E-state index in [2.05, 4.69) is 9.88 Å². The molecule has 27 heavy (non-hydrogen) atoms. The summed E-state index contributed by atoms with van der Waals surface area (Å²) in [7, 11) is 3.30. The Bertz CT molecular complexity index is 913. The van der Waals surface area contributed by atoms with Crippen molar-refractivity contribution < 1.29 is 14.2 Å². The summed E-state index contributed by atoms with van der Waals surface area (Å²) in [6.07, 6.45) is 3.21. The zero-order chi connectivity index (χ0) is 19.0. The van der Waals surface area contributed by atoms with Gasteiger partial charge >= 0.3 is 0 Å². The molecule has 1 fully saturated rings. The molecule has 1 saturated heterocycles. The number of nitrogens with zero attached hydrogens (tertiary/aromatic N) is 1. The van der Waals surface area contributed by atoms with E-state index in [1.54, 1.807) is 20.3 Å². The molecule has 2 aliphatic rings. The first-order valence-electron chi connectivity index (χ1n) is 9.48. The number of aromatic nitrogens is 1. The third-order valence-corrected chi connectivity index (χ3v) is 5.58. The molecule has 2 aromatic rings. The SMILES string of the molecule is COc1ccc2c(c1OC)CCn1c(NCC3CCCO3)cc(=O)c(C)c1-2. The highest BCUT2D eigenvalue weighted by molar-refractivity contribution is 5.75. The number of rotatable bonds is 5. The van der Waals surface area contributed by atoms with Crippen LogP contribution in [0.1, 0.15) is 24.0 Å². The van der Waals surface area contributed by atoms with Crippen LogP contribution in [0, 0.1) is 6.92 Å². The summed E-state index contributed by atoms with van der Waals surface area (Å²) in [5.74, 6) is 2.33. The second kappa shape index (κ2) is 7.27. The maximum Gasteiger partial charge on any atom is 0.187 e. The van der Waals surface area contributed by atoms with E-state index in [9.17, 15) is 4.79 Å². The number of nitrogens with one attached hydrogen (secondary N) is 1. The molecule has 0 spiro atoms. The van der Waals surface area contributed by atoms with Crippen molar-refractivity contribution >= 4 is 5.82 Å². The lowest BCUT2D eigenvalue weighted by atomic mass is 9.93. The van der Waals surface area contributed by atoms with E-state index in [4.69, 9.17) is 14.2 Å². The number of hydrogen-bond acceptors (Lipinski definition) is 5. The molecule has 0 bridgehead atoms. The summed E-state index contributed by atoms with van der Waals surface area (Å²) < 4.78 is 19.0. The smallest absolute Gasteiger partial charge is 0.187 e. The maximum absolute atomic E-state index is 12.7. The van der Waals surface area contributed by atoms with Crippen molar-refractivity contribution in [2.24, 2.45) is 0 Å². The predicted octanol–water partition coefficient (Wildman–Crippen LogP) is 2.99. The summed E-state index contributed by atoms with van der Waals surface area (Å²) in [6.45, 7) is 4.22. The molecule has 0 amide bonds. The normalized spacial score (nSPS) is 18.0. The molecule has 6 nitrogen and oxygen atoms in total. The van der Waals surface area contributed by atoms with Crippen molar-refractivity contribution in [1.82, 2.24) is 4.57 Å². The zero-order valence-corrected chi connectivity index (χ0v) is 16.1. The molecule has 0 saturated carbocycles. The maximum atomic E-state index is 12.7. The second-order valence-corrected chi connectivity index (χ2v) is 7.11. The first-order chi connectivity index (χ1) is 13.1. The molecule has 2 aliphatic heterocycles. The standard InChI is InChI=1S/C21H26N2O4/c1-13-17(24)11-19(22-12-14-5-4-10-27-14)23-9-8-16-15(20(13)23)6-7-18(25-2)21(16)26-3/h6-7,11,14,22H,4-5,8-10,12H2,1-3H3. The van der Waals surface area contributed by atoms with Crippen molar-refractivity contribution in [2.75, 3.05) is 32.7 Å². The van der Waals surface area contributed by atoms with Crippen LogP contribution in [0.4, 0.5) is 5.82 Å². The highest BCUT2D eigenvalue weighted by atomic mass is 16.5. The molecule has 1 unspecified atom stereocenters. The summed E-state index contributed by atoms with van der Waals surface area (Å²) in [4.78, 5) is 12.7. The Labute approximate surface area is 159 Å². The summed E-state index contributed by atoms with van der Waals surface area (Å²) in [5, 5.41) is 3.45. The Morgan fingerprint density at radius 3 is 2.85 bits per heavy atom. The second-order valence-electron chi connectivity index (χ2n) is 7.11. The average Bonchev–Trinajstić information content (AvgIpc) is 3.21. The molecule has 1 atom stereocenters. The largest absolute Gasteiger partial charge is 0.493 e. The summed E-state index contributed by atoms with van der Waals surface area (Å²) in [5.41, 5.74) is 3.88. The van der Waals surface area contributed by atoms with Gasteiger partial charge in [-0.15, -0.1) is 0 Å². The quantitative estimate of drug-likeness (QED) is 0.877. The van der Waals surface area contributed by atoms with Gasteiger partial charge in [0.1, 0.15) is 5.82 Å². The molecule has 1 aromatic heterocycles. The third-order valence-electron chi connectivity index (χ3n) is 5.58. The van der Waals surface area contributed by atoms with Crippen LogP contribution in [0.5, 0.6) is 11.5 Å². The van der Waals surface area contributed by atoms with Crippen molar-refractivity contribution in [3.05, 3.63) is 39.5 Å². The van der Waals surface area contributed by atoms with Crippen molar-refractivity contribution in [1.29, 1.82) is 0 Å². The molecular formula is C21H26N2O4. The summed E-state index contributed by atoms with van der Waals surface area (Å²) >= 11 is 0. The fourth-order valence-corrected chi connectivity index (χ4v) is 4.18. The number of methoxy groups -OCH3 is 2.